The van der Waals surface area contributed by atoms with Crippen molar-refractivity contribution in [2.75, 3.05) is 0 Å². The van der Waals surface area contributed by atoms with Crippen molar-refractivity contribution in [3.05, 3.63) is 72.4 Å². The zero-order valence-electron chi connectivity index (χ0n) is 13.3. The van der Waals surface area contributed by atoms with Crippen LogP contribution in [-0.2, 0) is 6.54 Å². The Bertz CT molecular complexity index is 985. The van der Waals surface area contributed by atoms with E-state index < -0.39 is 6.10 Å². The maximum absolute atomic E-state index is 9.73. The average Bonchev–Trinajstić information content (AvgIpc) is 3.24. The molecular weight excluding hydrogens is 302 g/mol. The Hall–Kier alpha value is -2.92. The van der Waals surface area contributed by atoms with Crippen LogP contribution in [0, 0.1) is 0 Å². The van der Waals surface area contributed by atoms with Crippen molar-refractivity contribution in [3.63, 3.8) is 0 Å². The van der Waals surface area contributed by atoms with Crippen LogP contribution in [0.25, 0.3) is 22.1 Å². The second-order valence-corrected chi connectivity index (χ2v) is 5.83. The molecule has 0 bridgehead atoms. The number of imidazole rings is 1. The largest absolute Gasteiger partial charge is 0.385 e. The minimum absolute atomic E-state index is 0.511. The van der Waals surface area contributed by atoms with Crippen LogP contribution in [0.1, 0.15) is 24.5 Å². The maximum Gasteiger partial charge on any atom is 0.167 e. The van der Waals surface area contributed by atoms with Crippen LogP contribution in [-0.4, -0.2) is 19.8 Å². The summed E-state index contributed by atoms with van der Waals surface area (Å²) in [5.74, 6) is 1.35. The number of hydrogen-bond donors (Lipinski definition) is 1. The van der Waals surface area contributed by atoms with E-state index in [1.165, 1.54) is 10.8 Å². The molecule has 2 aromatic carbocycles. The van der Waals surface area contributed by atoms with Crippen LogP contribution in [0.15, 0.2) is 65.4 Å². The van der Waals surface area contributed by atoms with E-state index in [2.05, 4.69) is 34.4 Å². The predicted molar refractivity (Wildman–Crippen MR) is 91.4 cm³/mol. The van der Waals surface area contributed by atoms with Gasteiger partial charge >= 0.3 is 0 Å². The monoisotopic (exact) mass is 319 g/mol. The molecule has 0 aliphatic carbocycles. The van der Waals surface area contributed by atoms with Gasteiger partial charge in [-0.25, -0.2) is 4.98 Å². The molecule has 5 heteroatoms. The minimum atomic E-state index is -0.619. The van der Waals surface area contributed by atoms with E-state index in [-0.39, 0.29) is 0 Å². The van der Waals surface area contributed by atoms with Gasteiger partial charge in [0.05, 0.1) is 6.54 Å². The first-order valence-electron chi connectivity index (χ1n) is 7.84. The molecule has 4 rings (SSSR count). The van der Waals surface area contributed by atoms with Gasteiger partial charge in [0.1, 0.15) is 17.6 Å². The Kier molecular flexibility index (Phi) is 3.63. The van der Waals surface area contributed by atoms with Gasteiger partial charge in [0.25, 0.3) is 0 Å². The molecule has 0 aliphatic rings. The Balaban J connectivity index is 1.63. The van der Waals surface area contributed by atoms with Gasteiger partial charge in [-0.1, -0.05) is 41.6 Å². The van der Waals surface area contributed by atoms with Gasteiger partial charge in [-0.15, -0.1) is 0 Å². The Morgan fingerprint density at radius 3 is 2.79 bits per heavy atom. The molecular formula is C19H17N3O2. The smallest absolute Gasteiger partial charge is 0.167 e. The number of rotatable bonds is 4. The number of hydrogen-bond acceptors (Lipinski definition) is 4. The van der Waals surface area contributed by atoms with E-state index in [1.54, 1.807) is 13.1 Å². The van der Waals surface area contributed by atoms with Gasteiger partial charge in [-0.3, -0.25) is 0 Å². The second-order valence-electron chi connectivity index (χ2n) is 5.83. The maximum atomic E-state index is 9.73. The molecule has 120 valence electrons. The molecule has 4 aromatic rings. The van der Waals surface area contributed by atoms with Gasteiger partial charge in [0.2, 0.25) is 0 Å². The number of nitrogens with zero attached hydrogens (tertiary/aromatic N) is 3. The highest BCUT2D eigenvalue weighted by Gasteiger charge is 2.12. The Labute approximate surface area is 139 Å². The number of benzene rings is 2. The van der Waals surface area contributed by atoms with Crippen molar-refractivity contribution in [2.45, 2.75) is 19.6 Å². The number of aliphatic hydroxyl groups excluding tert-OH is 1. The third-order valence-electron chi connectivity index (χ3n) is 4.05. The molecule has 2 heterocycles. The summed E-state index contributed by atoms with van der Waals surface area (Å²) in [7, 11) is 0. The van der Waals surface area contributed by atoms with Gasteiger partial charge < -0.3 is 14.2 Å². The molecule has 24 heavy (non-hydrogen) atoms. The van der Waals surface area contributed by atoms with Crippen LogP contribution in [0.4, 0.5) is 0 Å². The van der Waals surface area contributed by atoms with Crippen molar-refractivity contribution in [2.24, 2.45) is 0 Å². The van der Waals surface area contributed by atoms with E-state index in [0.717, 1.165) is 17.0 Å². The quantitative estimate of drug-likeness (QED) is 0.621. The van der Waals surface area contributed by atoms with Crippen LogP contribution in [0.2, 0.25) is 0 Å². The van der Waals surface area contributed by atoms with Gasteiger partial charge in [-0.05, 0) is 23.8 Å². The Morgan fingerprint density at radius 2 is 1.96 bits per heavy atom. The van der Waals surface area contributed by atoms with E-state index in [4.69, 9.17) is 4.52 Å². The van der Waals surface area contributed by atoms with Gasteiger partial charge in [-0.2, -0.15) is 0 Å². The molecule has 0 amide bonds. The summed E-state index contributed by atoms with van der Waals surface area (Å²) in [6.07, 6.45) is 2.88. The molecule has 5 nitrogen and oxygen atoms in total. The fourth-order valence-corrected chi connectivity index (χ4v) is 2.86. The molecule has 0 saturated heterocycles. The predicted octanol–water partition coefficient (Wildman–Crippen LogP) is 3.79. The summed E-state index contributed by atoms with van der Waals surface area (Å²) in [6, 6.07) is 16.3. The number of aliphatic hydroxyl groups is 1. The number of fused-ring (bicyclic) bond motifs is 1. The van der Waals surface area contributed by atoms with E-state index in [1.807, 2.05) is 35.0 Å². The van der Waals surface area contributed by atoms with Gasteiger partial charge in [0, 0.05) is 24.0 Å². The fraction of sp³-hybridized carbons (Fsp3) is 0.158. The van der Waals surface area contributed by atoms with Crippen molar-refractivity contribution in [1.29, 1.82) is 0 Å². The summed E-state index contributed by atoms with van der Waals surface area (Å²) in [4.78, 5) is 4.17. The SMILES string of the molecule is CC(O)c1nccn1Cc1cc(-c2ccc3ccccc3c2)on1. The van der Waals surface area contributed by atoms with Crippen molar-refractivity contribution in [3.8, 4) is 11.3 Å². The van der Waals surface area contributed by atoms with Crippen molar-refractivity contribution < 1.29 is 9.63 Å². The van der Waals surface area contributed by atoms with Crippen molar-refractivity contribution >= 4 is 10.8 Å². The normalized spacial score (nSPS) is 12.6. The Morgan fingerprint density at radius 1 is 1.12 bits per heavy atom. The fourth-order valence-electron chi connectivity index (χ4n) is 2.86. The molecule has 0 aliphatic heterocycles. The van der Waals surface area contributed by atoms with E-state index in [9.17, 15) is 5.11 Å². The molecule has 1 unspecified atom stereocenters. The van der Waals surface area contributed by atoms with Crippen LogP contribution < -0.4 is 0 Å². The van der Waals surface area contributed by atoms with Crippen LogP contribution in [0.3, 0.4) is 0 Å². The third-order valence-corrected chi connectivity index (χ3v) is 4.05. The molecule has 0 saturated carbocycles. The van der Waals surface area contributed by atoms with Crippen LogP contribution in [0.5, 0.6) is 0 Å². The standard InChI is InChI=1S/C19H17N3O2/c1-13(23)19-20-8-9-22(19)12-17-11-18(24-21-17)16-7-6-14-4-2-3-5-15(14)10-16/h2-11,13,23H,12H2,1H3. The van der Waals surface area contributed by atoms with Crippen molar-refractivity contribution in [1.82, 2.24) is 14.7 Å². The molecule has 1 atom stereocenters. The molecule has 1 N–H and O–H groups in total. The lowest BCUT2D eigenvalue weighted by Crippen LogP contribution is -2.07. The molecule has 0 radical (unpaired) electrons. The lowest BCUT2D eigenvalue weighted by atomic mass is 10.1. The lowest BCUT2D eigenvalue weighted by Gasteiger charge is -2.07. The topological polar surface area (TPSA) is 64.1 Å². The van der Waals surface area contributed by atoms with Gasteiger partial charge in [0.15, 0.2) is 5.76 Å². The molecule has 0 fully saturated rings. The average molecular weight is 319 g/mol. The summed E-state index contributed by atoms with van der Waals surface area (Å²) in [6.45, 7) is 2.21. The van der Waals surface area contributed by atoms with E-state index >= 15 is 0 Å². The highest BCUT2D eigenvalue weighted by atomic mass is 16.5. The molecule has 2 aromatic heterocycles. The highest BCUT2D eigenvalue weighted by molar-refractivity contribution is 5.86. The van der Waals surface area contributed by atoms with Crippen LogP contribution >= 0.6 is 0 Å². The zero-order valence-corrected chi connectivity index (χ0v) is 13.3. The summed E-state index contributed by atoms with van der Waals surface area (Å²) in [5, 5.41) is 16.2. The second kappa shape index (κ2) is 5.94. The first kappa shape index (κ1) is 14.7. The number of aromatic nitrogens is 3. The summed E-state index contributed by atoms with van der Waals surface area (Å²) >= 11 is 0. The lowest BCUT2D eigenvalue weighted by molar-refractivity contribution is 0.184. The minimum Gasteiger partial charge on any atom is -0.385 e. The summed E-state index contributed by atoms with van der Waals surface area (Å²) in [5.41, 5.74) is 1.78. The highest BCUT2D eigenvalue weighted by Crippen LogP contribution is 2.25. The summed E-state index contributed by atoms with van der Waals surface area (Å²) < 4.78 is 7.37. The van der Waals surface area contributed by atoms with E-state index in [0.29, 0.717) is 12.4 Å². The first-order valence-corrected chi connectivity index (χ1v) is 7.84. The molecule has 0 spiro atoms. The first-order chi connectivity index (χ1) is 11.7. The zero-order chi connectivity index (χ0) is 16.5. The third kappa shape index (κ3) is 2.70.